The molecule has 0 aromatic carbocycles. The van der Waals surface area contributed by atoms with Gasteiger partial charge in [0.1, 0.15) is 42.7 Å². The Hall–Kier alpha value is -0.870. The molecule has 0 aliphatic rings. The van der Waals surface area contributed by atoms with Crippen LogP contribution in [0.5, 0.6) is 0 Å². The molecule has 0 aromatic rings. The number of phosphoric acid groups is 1. The second kappa shape index (κ2) is 11.9. The van der Waals surface area contributed by atoms with Crippen LogP contribution in [0.2, 0.25) is 0 Å². The maximum Gasteiger partial charge on any atom is 0.473 e. The first-order chi connectivity index (χ1) is 12.4. The van der Waals surface area contributed by atoms with Crippen molar-refractivity contribution in [3.8, 4) is 0 Å². The molecule has 15 heteroatoms. The highest BCUT2D eigenvalue weighted by molar-refractivity contribution is 7.47. The van der Waals surface area contributed by atoms with Gasteiger partial charge in [-0.25, -0.2) is 4.57 Å². The Kier molecular flexibility index (Phi) is 11.5. The summed E-state index contributed by atoms with van der Waals surface area (Å²) in [5.74, 6) is 0. The number of phosphoric ester groups is 1. The molecule has 27 heavy (non-hydrogen) atoms. The van der Waals surface area contributed by atoms with E-state index >= 15 is 0 Å². The third kappa shape index (κ3) is 8.35. The van der Waals surface area contributed by atoms with Crippen LogP contribution in [-0.4, -0.2) is 120 Å². The standard InChI is InChI=1S/C12H23O14P/c13-1-5(16)9(19)11(21)7(18)4-25-27(23,24)26-8(3-15)12(22)10(20)6(17)2-14/h1,3,5-12,14,16-22H,2,4H2,(H,23,24)/t5-,6-,7-,8-,9-,10-,11-,12-/m1/s1. The summed E-state index contributed by atoms with van der Waals surface area (Å²) in [6, 6.07) is 0. The Labute approximate surface area is 152 Å². The van der Waals surface area contributed by atoms with Gasteiger partial charge < -0.3 is 55.3 Å². The molecule has 1 unspecified atom stereocenters. The second-order valence-electron chi connectivity index (χ2n) is 5.38. The minimum Gasteiger partial charge on any atom is -0.394 e. The number of aliphatic hydroxyl groups is 8. The first-order valence-corrected chi connectivity index (χ1v) is 8.85. The Balaban J connectivity index is 4.84. The lowest BCUT2D eigenvalue weighted by Gasteiger charge is -2.27. The van der Waals surface area contributed by atoms with Crippen LogP contribution in [-0.2, 0) is 23.2 Å². The molecule has 9 atom stereocenters. The van der Waals surface area contributed by atoms with Gasteiger partial charge in [-0.2, -0.15) is 0 Å². The monoisotopic (exact) mass is 422 g/mol. The molecular formula is C12H23O14P. The van der Waals surface area contributed by atoms with Crippen LogP contribution >= 0.6 is 7.82 Å². The van der Waals surface area contributed by atoms with Crippen LogP contribution in [0.15, 0.2) is 0 Å². The first-order valence-electron chi connectivity index (χ1n) is 7.35. The number of hydrogen-bond acceptors (Lipinski definition) is 13. The normalized spacial score (nSPS) is 23.1. The van der Waals surface area contributed by atoms with E-state index in [-0.39, 0.29) is 12.6 Å². The molecule has 160 valence electrons. The summed E-state index contributed by atoms with van der Waals surface area (Å²) in [7, 11) is -5.18. The molecule has 0 aliphatic carbocycles. The summed E-state index contributed by atoms with van der Waals surface area (Å²) < 4.78 is 20.3. The minimum atomic E-state index is -5.18. The molecule has 9 N–H and O–H groups in total. The molecule has 0 aromatic heterocycles. The molecule has 14 nitrogen and oxygen atoms in total. The van der Waals surface area contributed by atoms with E-state index in [1.807, 2.05) is 0 Å². The number of aliphatic hydroxyl groups excluding tert-OH is 8. The third-order valence-corrected chi connectivity index (χ3v) is 4.28. The summed E-state index contributed by atoms with van der Waals surface area (Å²) >= 11 is 0. The Morgan fingerprint density at radius 1 is 0.815 bits per heavy atom. The number of carbonyl (C=O) groups is 2. The zero-order chi connectivity index (χ0) is 21.4. The van der Waals surface area contributed by atoms with Crippen molar-refractivity contribution in [2.24, 2.45) is 0 Å². The average Bonchev–Trinajstić information content (AvgIpc) is 2.66. The molecule has 0 saturated heterocycles. The van der Waals surface area contributed by atoms with Crippen LogP contribution < -0.4 is 0 Å². The lowest BCUT2D eigenvalue weighted by Crippen LogP contribution is -2.47. The Morgan fingerprint density at radius 2 is 1.33 bits per heavy atom. The zero-order valence-electron chi connectivity index (χ0n) is 13.7. The molecule has 0 radical (unpaired) electrons. The van der Waals surface area contributed by atoms with Crippen LogP contribution in [0.4, 0.5) is 0 Å². The van der Waals surface area contributed by atoms with Crippen molar-refractivity contribution in [3.63, 3.8) is 0 Å². The summed E-state index contributed by atoms with van der Waals surface area (Å²) in [5, 5.41) is 74.2. The van der Waals surface area contributed by atoms with Crippen LogP contribution in [0.25, 0.3) is 0 Å². The van der Waals surface area contributed by atoms with Crippen molar-refractivity contribution in [1.29, 1.82) is 0 Å². The van der Waals surface area contributed by atoms with E-state index in [0.717, 1.165) is 0 Å². The lowest BCUT2D eigenvalue weighted by atomic mass is 10.0. The molecule has 0 amide bonds. The van der Waals surface area contributed by atoms with E-state index in [1.165, 1.54) is 0 Å². The first kappa shape index (κ1) is 26.1. The van der Waals surface area contributed by atoms with Gasteiger partial charge in [-0.3, -0.25) is 9.05 Å². The SMILES string of the molecule is O=C[C@@H](O)[C@@H](O)[C@H](O)[C@H](O)COP(=O)(O)O[C@H](C=O)[C@@H](O)[C@H](O)[C@H](O)CO. The van der Waals surface area contributed by atoms with Gasteiger partial charge in [-0.1, -0.05) is 0 Å². The summed E-state index contributed by atoms with van der Waals surface area (Å²) in [5.41, 5.74) is 0. The Bertz CT molecular complexity index is 502. The molecule has 0 fully saturated rings. The highest BCUT2D eigenvalue weighted by atomic mass is 31.2. The average molecular weight is 422 g/mol. The lowest BCUT2D eigenvalue weighted by molar-refractivity contribution is -0.139. The highest BCUT2D eigenvalue weighted by Gasteiger charge is 2.38. The largest absolute Gasteiger partial charge is 0.473 e. The summed E-state index contributed by atoms with van der Waals surface area (Å²) in [4.78, 5) is 30.6. The molecule has 0 saturated carbocycles. The summed E-state index contributed by atoms with van der Waals surface area (Å²) in [6.07, 6.45) is -17.2. The van der Waals surface area contributed by atoms with Gasteiger partial charge in [-0.05, 0) is 0 Å². The number of aldehydes is 2. The number of rotatable bonds is 14. The fourth-order valence-corrected chi connectivity index (χ4v) is 2.55. The predicted octanol–water partition coefficient (Wildman–Crippen LogP) is -5.59. The molecule has 0 spiro atoms. The van der Waals surface area contributed by atoms with Gasteiger partial charge in [0.15, 0.2) is 18.7 Å². The highest BCUT2D eigenvalue weighted by Crippen LogP contribution is 2.45. The topological polar surface area (TPSA) is 252 Å². The fraction of sp³-hybridized carbons (Fsp3) is 0.833. The van der Waals surface area contributed by atoms with Crippen LogP contribution in [0.1, 0.15) is 0 Å². The van der Waals surface area contributed by atoms with Crippen LogP contribution in [0.3, 0.4) is 0 Å². The molecule has 0 heterocycles. The Morgan fingerprint density at radius 3 is 1.78 bits per heavy atom. The fourth-order valence-electron chi connectivity index (χ4n) is 1.66. The summed E-state index contributed by atoms with van der Waals surface area (Å²) in [6.45, 7) is -2.18. The van der Waals surface area contributed by atoms with Crippen molar-refractivity contribution in [2.75, 3.05) is 13.2 Å². The van der Waals surface area contributed by atoms with Gasteiger partial charge in [0.2, 0.25) is 0 Å². The van der Waals surface area contributed by atoms with E-state index in [0.29, 0.717) is 0 Å². The van der Waals surface area contributed by atoms with Crippen molar-refractivity contribution >= 4 is 20.4 Å². The van der Waals surface area contributed by atoms with Crippen molar-refractivity contribution in [2.45, 2.75) is 48.8 Å². The van der Waals surface area contributed by atoms with Gasteiger partial charge >= 0.3 is 7.82 Å². The van der Waals surface area contributed by atoms with E-state index < -0.39 is 69.9 Å². The van der Waals surface area contributed by atoms with Crippen molar-refractivity contribution < 1.29 is 68.9 Å². The minimum absolute atomic E-state index is 0.135. The zero-order valence-corrected chi connectivity index (χ0v) is 14.6. The molecule has 0 rings (SSSR count). The van der Waals surface area contributed by atoms with Crippen molar-refractivity contribution in [1.82, 2.24) is 0 Å². The van der Waals surface area contributed by atoms with Gasteiger partial charge in [-0.15, -0.1) is 0 Å². The predicted molar refractivity (Wildman–Crippen MR) is 81.9 cm³/mol. The quantitative estimate of drug-likeness (QED) is 0.0935. The van der Waals surface area contributed by atoms with Gasteiger partial charge in [0, 0.05) is 0 Å². The van der Waals surface area contributed by atoms with Crippen molar-refractivity contribution in [3.05, 3.63) is 0 Å². The van der Waals surface area contributed by atoms with E-state index in [9.17, 15) is 44.6 Å². The van der Waals surface area contributed by atoms with E-state index in [4.69, 9.17) is 15.3 Å². The number of carbonyl (C=O) groups excluding carboxylic acids is 2. The smallest absolute Gasteiger partial charge is 0.394 e. The maximum atomic E-state index is 11.7. The maximum absolute atomic E-state index is 11.7. The molecular weight excluding hydrogens is 399 g/mol. The third-order valence-electron chi connectivity index (χ3n) is 3.30. The second-order valence-corrected chi connectivity index (χ2v) is 6.78. The number of hydrogen-bond donors (Lipinski definition) is 9. The molecule has 0 bridgehead atoms. The van der Waals surface area contributed by atoms with E-state index in [2.05, 4.69) is 9.05 Å². The van der Waals surface area contributed by atoms with Gasteiger partial charge in [0.05, 0.1) is 13.2 Å². The van der Waals surface area contributed by atoms with E-state index in [1.54, 1.807) is 0 Å². The molecule has 0 aliphatic heterocycles. The van der Waals surface area contributed by atoms with Gasteiger partial charge in [0.25, 0.3) is 0 Å². The van der Waals surface area contributed by atoms with Crippen LogP contribution in [0, 0.1) is 0 Å².